The number of nitrogens with zero attached hydrogens (tertiary/aromatic N) is 1. The highest BCUT2D eigenvalue weighted by atomic mass is 32.1. The average molecular weight is 267 g/mol. The molecule has 2 heterocycles. The summed E-state index contributed by atoms with van der Waals surface area (Å²) in [4.78, 5) is 14.7. The molecule has 4 nitrogen and oxygen atoms in total. The Morgan fingerprint density at radius 2 is 1.89 bits per heavy atom. The maximum absolute atomic E-state index is 11.7. The van der Waals surface area contributed by atoms with E-state index in [9.17, 15) is 4.79 Å². The van der Waals surface area contributed by atoms with Crippen molar-refractivity contribution in [1.29, 1.82) is 0 Å². The van der Waals surface area contributed by atoms with Gasteiger partial charge in [0.05, 0.1) is 10.7 Å². The van der Waals surface area contributed by atoms with Crippen molar-refractivity contribution >= 4 is 27.9 Å². The van der Waals surface area contributed by atoms with Crippen LogP contribution >= 0.6 is 11.3 Å². The van der Waals surface area contributed by atoms with Crippen molar-refractivity contribution in [1.82, 2.24) is 5.32 Å². The number of anilines is 2. The van der Waals surface area contributed by atoms with E-state index in [1.807, 2.05) is 6.07 Å². The Bertz CT molecular complexity index is 408. The number of amides is 1. The number of nitrogens with two attached hydrogens (primary N) is 1. The first-order valence-electron chi connectivity index (χ1n) is 6.58. The largest absolute Gasteiger partial charge is 0.397 e. The Kier molecular flexibility index (Phi) is 4.47. The van der Waals surface area contributed by atoms with Crippen molar-refractivity contribution in [3.8, 4) is 0 Å². The Morgan fingerprint density at radius 3 is 2.50 bits per heavy atom. The summed E-state index contributed by atoms with van der Waals surface area (Å²) in [7, 11) is 1.64. The third kappa shape index (κ3) is 2.96. The summed E-state index contributed by atoms with van der Waals surface area (Å²) in [5.74, 6) is -0.0872. The number of carbonyl (C=O) groups excluding carboxylic acids is 1. The van der Waals surface area contributed by atoms with Gasteiger partial charge in [0.1, 0.15) is 4.88 Å². The van der Waals surface area contributed by atoms with Gasteiger partial charge in [0, 0.05) is 20.1 Å². The highest BCUT2D eigenvalue weighted by Crippen LogP contribution is 2.33. The van der Waals surface area contributed by atoms with Crippen LogP contribution in [0, 0.1) is 0 Å². The summed E-state index contributed by atoms with van der Waals surface area (Å²) in [6.07, 6.45) is 6.42. The summed E-state index contributed by atoms with van der Waals surface area (Å²) in [6.45, 7) is 2.15. The summed E-state index contributed by atoms with van der Waals surface area (Å²) < 4.78 is 0. The number of hydrogen-bond acceptors (Lipinski definition) is 4. The van der Waals surface area contributed by atoms with Crippen LogP contribution < -0.4 is 16.0 Å². The lowest BCUT2D eigenvalue weighted by Crippen LogP contribution is -2.26. The average Bonchev–Trinajstić information content (AvgIpc) is 2.70. The van der Waals surface area contributed by atoms with E-state index in [1.165, 1.54) is 43.4 Å². The molecule has 3 N–H and O–H groups in total. The molecule has 0 radical (unpaired) electrons. The van der Waals surface area contributed by atoms with Gasteiger partial charge in [0.2, 0.25) is 0 Å². The molecule has 0 bridgehead atoms. The molecule has 0 unspecified atom stereocenters. The second kappa shape index (κ2) is 6.09. The molecule has 18 heavy (non-hydrogen) atoms. The maximum Gasteiger partial charge on any atom is 0.263 e. The molecular weight excluding hydrogens is 246 g/mol. The lowest BCUT2D eigenvalue weighted by molar-refractivity contribution is 0.0968. The topological polar surface area (TPSA) is 58.4 Å². The molecular formula is C13H21N3OS. The smallest absolute Gasteiger partial charge is 0.263 e. The molecule has 0 atom stereocenters. The van der Waals surface area contributed by atoms with Crippen molar-refractivity contribution in [3.05, 3.63) is 10.9 Å². The van der Waals surface area contributed by atoms with Crippen LogP contribution in [-0.4, -0.2) is 26.0 Å². The van der Waals surface area contributed by atoms with Crippen LogP contribution in [0.4, 0.5) is 10.7 Å². The van der Waals surface area contributed by atoms with E-state index < -0.39 is 0 Å². The van der Waals surface area contributed by atoms with Crippen molar-refractivity contribution in [3.63, 3.8) is 0 Å². The highest BCUT2D eigenvalue weighted by Gasteiger charge is 2.17. The van der Waals surface area contributed by atoms with Crippen LogP contribution in [0.15, 0.2) is 6.07 Å². The minimum absolute atomic E-state index is 0.0872. The van der Waals surface area contributed by atoms with E-state index in [4.69, 9.17) is 5.73 Å². The normalized spacial score (nSPS) is 17.1. The lowest BCUT2D eigenvalue weighted by atomic mass is 10.1. The molecule has 1 saturated heterocycles. The third-order valence-electron chi connectivity index (χ3n) is 3.35. The monoisotopic (exact) mass is 267 g/mol. The number of rotatable bonds is 2. The molecule has 1 aromatic rings. The van der Waals surface area contributed by atoms with Crippen molar-refractivity contribution in [2.24, 2.45) is 0 Å². The summed E-state index contributed by atoms with van der Waals surface area (Å²) in [5.41, 5.74) is 6.51. The van der Waals surface area contributed by atoms with Crippen LogP contribution in [0.2, 0.25) is 0 Å². The second-order valence-corrected chi connectivity index (χ2v) is 5.73. The minimum atomic E-state index is -0.0872. The fraction of sp³-hybridized carbons (Fsp3) is 0.615. The van der Waals surface area contributed by atoms with Gasteiger partial charge in [0.15, 0.2) is 0 Å². The Hall–Kier alpha value is -1.23. The molecule has 0 aliphatic carbocycles. The molecule has 5 heteroatoms. The highest BCUT2D eigenvalue weighted by molar-refractivity contribution is 7.18. The number of carbonyl (C=O) groups is 1. The lowest BCUT2D eigenvalue weighted by Gasteiger charge is -2.25. The first kappa shape index (κ1) is 13.2. The van der Waals surface area contributed by atoms with Gasteiger partial charge < -0.3 is 16.0 Å². The molecule has 1 amide bonds. The van der Waals surface area contributed by atoms with Gasteiger partial charge in [-0.05, 0) is 18.9 Å². The SMILES string of the molecule is CNC(=O)c1sc(N2CCCCCCC2)cc1N. The van der Waals surface area contributed by atoms with E-state index in [1.54, 1.807) is 7.05 Å². The van der Waals surface area contributed by atoms with E-state index >= 15 is 0 Å². The number of nitrogens with one attached hydrogen (secondary N) is 1. The first-order valence-corrected chi connectivity index (χ1v) is 7.40. The zero-order chi connectivity index (χ0) is 13.0. The second-order valence-electron chi connectivity index (χ2n) is 4.70. The van der Waals surface area contributed by atoms with Crippen LogP contribution in [0.25, 0.3) is 0 Å². The maximum atomic E-state index is 11.7. The van der Waals surface area contributed by atoms with Gasteiger partial charge in [-0.1, -0.05) is 19.3 Å². The Morgan fingerprint density at radius 1 is 1.28 bits per heavy atom. The van der Waals surface area contributed by atoms with Crippen molar-refractivity contribution in [2.75, 3.05) is 30.8 Å². The predicted octanol–water partition coefficient (Wildman–Crippen LogP) is 2.46. The zero-order valence-corrected chi connectivity index (χ0v) is 11.7. The number of thiophene rings is 1. The predicted molar refractivity (Wildman–Crippen MR) is 77.4 cm³/mol. The quantitative estimate of drug-likeness (QED) is 0.865. The molecule has 1 aliphatic heterocycles. The Balaban J connectivity index is 2.14. The standard InChI is InChI=1S/C13H21N3OS/c1-15-13(17)12-10(14)9-11(18-12)16-7-5-3-2-4-6-8-16/h9H,2-8,14H2,1H3,(H,15,17). The van der Waals surface area contributed by atoms with Gasteiger partial charge in [-0.3, -0.25) is 4.79 Å². The molecule has 100 valence electrons. The van der Waals surface area contributed by atoms with Gasteiger partial charge in [-0.15, -0.1) is 11.3 Å². The van der Waals surface area contributed by atoms with Crippen molar-refractivity contribution < 1.29 is 4.79 Å². The number of hydrogen-bond donors (Lipinski definition) is 2. The summed E-state index contributed by atoms with van der Waals surface area (Å²) in [6, 6.07) is 1.94. The molecule has 0 spiro atoms. The first-order chi connectivity index (χ1) is 8.72. The van der Waals surface area contributed by atoms with Crippen LogP contribution in [0.5, 0.6) is 0 Å². The Labute approximate surface area is 112 Å². The minimum Gasteiger partial charge on any atom is -0.397 e. The molecule has 1 fully saturated rings. The van der Waals surface area contributed by atoms with E-state index in [0.29, 0.717) is 10.6 Å². The van der Waals surface area contributed by atoms with Crippen LogP contribution in [0.1, 0.15) is 41.8 Å². The molecule has 1 aromatic heterocycles. The fourth-order valence-electron chi connectivity index (χ4n) is 2.31. The van der Waals surface area contributed by atoms with Gasteiger partial charge in [-0.2, -0.15) is 0 Å². The molecule has 0 aromatic carbocycles. The van der Waals surface area contributed by atoms with E-state index in [2.05, 4.69) is 10.2 Å². The fourth-order valence-corrected chi connectivity index (χ4v) is 3.38. The molecule has 0 saturated carbocycles. The van der Waals surface area contributed by atoms with Gasteiger partial charge >= 0.3 is 0 Å². The molecule has 1 aliphatic rings. The van der Waals surface area contributed by atoms with Crippen LogP contribution in [0.3, 0.4) is 0 Å². The number of nitrogen functional groups attached to an aromatic ring is 1. The van der Waals surface area contributed by atoms with Crippen LogP contribution in [-0.2, 0) is 0 Å². The van der Waals surface area contributed by atoms with Gasteiger partial charge in [0.25, 0.3) is 5.91 Å². The zero-order valence-electron chi connectivity index (χ0n) is 10.9. The van der Waals surface area contributed by atoms with Crippen molar-refractivity contribution in [2.45, 2.75) is 32.1 Å². The van der Waals surface area contributed by atoms with Gasteiger partial charge in [-0.25, -0.2) is 0 Å². The summed E-state index contributed by atoms with van der Waals surface area (Å²) >= 11 is 1.50. The molecule has 2 rings (SSSR count). The summed E-state index contributed by atoms with van der Waals surface area (Å²) in [5, 5.41) is 3.77. The van der Waals surface area contributed by atoms with E-state index in [-0.39, 0.29) is 5.91 Å². The van der Waals surface area contributed by atoms with E-state index in [0.717, 1.165) is 18.1 Å². The third-order valence-corrected chi connectivity index (χ3v) is 4.56.